The van der Waals surface area contributed by atoms with Gasteiger partial charge in [-0.3, -0.25) is 9.59 Å². The zero-order valence-electron chi connectivity index (χ0n) is 16.7. The molecule has 2 aromatic carbocycles. The van der Waals surface area contributed by atoms with Crippen LogP contribution in [0, 0.1) is 5.82 Å². The lowest BCUT2D eigenvalue weighted by atomic mass is 9.84. The summed E-state index contributed by atoms with van der Waals surface area (Å²) in [7, 11) is 1.55. The Morgan fingerprint density at radius 2 is 1.81 bits per heavy atom. The summed E-state index contributed by atoms with van der Waals surface area (Å²) < 4.78 is 56.1. The molecule has 1 aliphatic heterocycles. The summed E-state index contributed by atoms with van der Waals surface area (Å²) in [5.74, 6) is -1.72. The van der Waals surface area contributed by atoms with Crippen molar-refractivity contribution in [2.24, 2.45) is 7.05 Å². The van der Waals surface area contributed by atoms with E-state index in [4.69, 9.17) is 0 Å². The molecule has 2 heterocycles. The highest BCUT2D eigenvalue weighted by molar-refractivity contribution is 7.98. The third-order valence-electron chi connectivity index (χ3n) is 5.26. The number of benzene rings is 2. The Labute approximate surface area is 184 Å². The number of hydrogen-bond acceptors (Lipinski definition) is 4. The zero-order valence-corrected chi connectivity index (χ0v) is 17.6. The van der Waals surface area contributed by atoms with Gasteiger partial charge in [0.2, 0.25) is 5.91 Å². The van der Waals surface area contributed by atoms with Crippen LogP contribution in [0.2, 0.25) is 0 Å². The first-order chi connectivity index (χ1) is 15.2. The summed E-state index contributed by atoms with van der Waals surface area (Å²) in [5.41, 5.74) is -1.37. The van der Waals surface area contributed by atoms with E-state index in [2.05, 4.69) is 10.3 Å². The minimum Gasteiger partial charge on any atom is -0.312 e. The van der Waals surface area contributed by atoms with Crippen LogP contribution in [0.15, 0.2) is 58.5 Å². The summed E-state index contributed by atoms with van der Waals surface area (Å²) in [4.78, 5) is 29.3. The molecule has 0 fully saturated rings. The number of thioether (sulfide) groups is 1. The van der Waals surface area contributed by atoms with E-state index in [1.165, 1.54) is 28.8 Å². The van der Waals surface area contributed by atoms with Gasteiger partial charge in [-0.25, -0.2) is 4.39 Å². The van der Waals surface area contributed by atoms with Crippen molar-refractivity contribution in [2.75, 3.05) is 5.32 Å². The number of alkyl halides is 3. The number of carbonyl (C=O) groups excluding carboxylic acids is 1. The molecule has 3 aromatic rings. The van der Waals surface area contributed by atoms with Gasteiger partial charge in [0.25, 0.3) is 5.56 Å². The Hall–Kier alpha value is -3.14. The maximum Gasteiger partial charge on any atom is 0.416 e. The number of fused-ring (bicyclic) bond motifs is 1. The Balaban J connectivity index is 1.78. The van der Waals surface area contributed by atoms with Crippen LogP contribution in [-0.2, 0) is 23.8 Å². The molecule has 0 saturated carbocycles. The number of anilines is 1. The van der Waals surface area contributed by atoms with Gasteiger partial charge in [-0.2, -0.15) is 18.2 Å². The van der Waals surface area contributed by atoms with Gasteiger partial charge in [0.05, 0.1) is 11.1 Å². The highest BCUT2D eigenvalue weighted by Crippen LogP contribution is 2.42. The van der Waals surface area contributed by atoms with Crippen LogP contribution < -0.4 is 10.9 Å². The SMILES string of the molecule is Cn1c(SCc2ccccc2F)nc(=O)c2c1NC(=O)CC2c1ccccc1C(F)(F)F. The number of hydrogen-bond donors (Lipinski definition) is 1. The van der Waals surface area contributed by atoms with Gasteiger partial charge in [0.1, 0.15) is 11.6 Å². The second kappa shape index (κ2) is 8.42. The average Bonchev–Trinajstić information content (AvgIpc) is 2.75. The molecule has 0 radical (unpaired) electrons. The van der Waals surface area contributed by atoms with Gasteiger partial charge in [0, 0.05) is 25.1 Å². The summed E-state index contributed by atoms with van der Waals surface area (Å²) in [5, 5.41) is 2.80. The maximum atomic E-state index is 13.9. The molecule has 5 nitrogen and oxygen atoms in total. The lowest BCUT2D eigenvalue weighted by Crippen LogP contribution is -2.34. The Morgan fingerprint density at radius 3 is 2.53 bits per heavy atom. The van der Waals surface area contributed by atoms with Gasteiger partial charge in [-0.1, -0.05) is 48.2 Å². The number of rotatable bonds is 4. The summed E-state index contributed by atoms with van der Waals surface area (Å²) in [6.45, 7) is 0. The Bertz CT molecular complexity index is 1260. The van der Waals surface area contributed by atoms with Crippen molar-refractivity contribution in [3.8, 4) is 0 Å². The number of nitrogens with one attached hydrogen (secondary N) is 1. The number of halogens is 4. The Kier molecular flexibility index (Phi) is 5.81. The van der Waals surface area contributed by atoms with Gasteiger partial charge >= 0.3 is 6.18 Å². The fraction of sp³-hybridized carbons (Fsp3) is 0.227. The maximum absolute atomic E-state index is 13.9. The molecule has 166 valence electrons. The van der Waals surface area contributed by atoms with Crippen LogP contribution in [0.3, 0.4) is 0 Å². The second-order valence-corrected chi connectivity index (χ2v) is 8.23. The minimum absolute atomic E-state index is 0.000887. The Morgan fingerprint density at radius 1 is 1.12 bits per heavy atom. The second-order valence-electron chi connectivity index (χ2n) is 7.29. The third-order valence-corrected chi connectivity index (χ3v) is 6.34. The van der Waals surface area contributed by atoms with E-state index in [-0.39, 0.29) is 34.3 Å². The van der Waals surface area contributed by atoms with E-state index in [1.807, 2.05) is 0 Å². The summed E-state index contributed by atoms with van der Waals surface area (Å²) >= 11 is 1.09. The highest BCUT2D eigenvalue weighted by Gasteiger charge is 2.39. The molecular weight excluding hydrogens is 446 g/mol. The number of carbonyl (C=O) groups is 1. The first-order valence-corrected chi connectivity index (χ1v) is 10.6. The van der Waals surface area contributed by atoms with Crippen LogP contribution in [0.5, 0.6) is 0 Å². The molecule has 0 bridgehead atoms. The number of amides is 1. The monoisotopic (exact) mass is 463 g/mol. The molecule has 10 heteroatoms. The largest absolute Gasteiger partial charge is 0.416 e. The van der Waals surface area contributed by atoms with Crippen molar-refractivity contribution >= 4 is 23.5 Å². The molecule has 32 heavy (non-hydrogen) atoms. The molecule has 1 aromatic heterocycles. The summed E-state index contributed by atoms with van der Waals surface area (Å²) in [6, 6.07) is 11.1. The van der Waals surface area contributed by atoms with Crippen LogP contribution in [0.25, 0.3) is 0 Å². The molecule has 0 aliphatic carbocycles. The molecule has 1 aliphatic rings. The smallest absolute Gasteiger partial charge is 0.312 e. The van der Waals surface area contributed by atoms with Crippen molar-refractivity contribution in [1.82, 2.24) is 9.55 Å². The molecular formula is C22H17F4N3O2S. The number of aromatic nitrogens is 2. The third kappa shape index (κ3) is 4.14. The number of nitrogens with zero attached hydrogens (tertiary/aromatic N) is 2. The quantitative estimate of drug-likeness (QED) is 0.346. The van der Waals surface area contributed by atoms with E-state index in [1.54, 1.807) is 25.2 Å². The van der Waals surface area contributed by atoms with E-state index in [9.17, 15) is 27.2 Å². The first-order valence-electron chi connectivity index (χ1n) is 9.60. The van der Waals surface area contributed by atoms with Gasteiger partial charge < -0.3 is 9.88 Å². The first kappa shape index (κ1) is 22.1. The van der Waals surface area contributed by atoms with Crippen LogP contribution in [0.1, 0.15) is 34.6 Å². The van der Waals surface area contributed by atoms with Crippen molar-refractivity contribution in [1.29, 1.82) is 0 Å². The normalized spacial score (nSPS) is 15.9. The van der Waals surface area contributed by atoms with Gasteiger partial charge in [0.15, 0.2) is 5.16 Å². The molecule has 1 atom stereocenters. The fourth-order valence-electron chi connectivity index (χ4n) is 3.75. The van der Waals surface area contributed by atoms with E-state index >= 15 is 0 Å². The van der Waals surface area contributed by atoms with Crippen molar-refractivity contribution < 1.29 is 22.4 Å². The molecule has 1 N–H and O–H groups in total. The van der Waals surface area contributed by atoms with E-state index < -0.39 is 34.9 Å². The van der Waals surface area contributed by atoms with Crippen molar-refractivity contribution in [3.05, 3.63) is 87.0 Å². The van der Waals surface area contributed by atoms with Crippen molar-refractivity contribution in [2.45, 2.75) is 29.4 Å². The van der Waals surface area contributed by atoms with Gasteiger partial charge in [-0.05, 0) is 23.3 Å². The predicted octanol–water partition coefficient (Wildman–Crippen LogP) is 4.70. The van der Waals surface area contributed by atoms with Crippen LogP contribution in [0.4, 0.5) is 23.4 Å². The molecule has 4 rings (SSSR count). The molecule has 1 amide bonds. The minimum atomic E-state index is -4.64. The predicted molar refractivity (Wildman–Crippen MR) is 112 cm³/mol. The molecule has 0 spiro atoms. The molecule has 1 unspecified atom stereocenters. The summed E-state index contributed by atoms with van der Waals surface area (Å²) in [6.07, 6.45) is -4.95. The van der Waals surface area contributed by atoms with Crippen molar-refractivity contribution in [3.63, 3.8) is 0 Å². The van der Waals surface area contributed by atoms with Gasteiger partial charge in [-0.15, -0.1) is 0 Å². The van der Waals surface area contributed by atoms with E-state index in [0.717, 1.165) is 17.8 Å². The van der Waals surface area contributed by atoms with E-state index in [0.29, 0.717) is 5.56 Å². The average molecular weight is 463 g/mol. The lowest BCUT2D eigenvalue weighted by molar-refractivity contribution is -0.138. The van der Waals surface area contributed by atoms with Crippen LogP contribution in [-0.4, -0.2) is 15.5 Å². The lowest BCUT2D eigenvalue weighted by Gasteiger charge is -2.29. The molecule has 0 saturated heterocycles. The highest BCUT2D eigenvalue weighted by atomic mass is 32.2. The zero-order chi connectivity index (χ0) is 23.0. The topological polar surface area (TPSA) is 64.0 Å². The van der Waals surface area contributed by atoms with Crippen LogP contribution >= 0.6 is 11.8 Å². The standard InChI is InChI=1S/C22H17F4N3O2S/c1-29-19-18(20(31)28-21(29)32-11-12-6-2-5-9-16(12)23)14(10-17(30)27-19)13-7-3-4-8-15(13)22(24,25)26/h2-9,14H,10-11H2,1H3,(H,27,30). The fourth-order valence-corrected chi connectivity index (χ4v) is 4.70.